The number of benzene rings is 2. The van der Waals surface area contributed by atoms with E-state index in [1.165, 1.54) is 11.1 Å². The standard InChI is InChI=1S/C19H22N2O3/c1-23-18-8-3-13(9-19(18)24-2)11-20-17-10-16(17)14-4-6-15(7-5-14)21-12-22/h3-9,12,16-17,20H,10-11H2,1-2H3,(H,21,22). The maximum absolute atomic E-state index is 10.4. The fourth-order valence-corrected chi connectivity index (χ4v) is 2.92. The number of hydrogen-bond donors (Lipinski definition) is 2. The molecule has 0 bridgehead atoms. The van der Waals surface area contributed by atoms with Crippen molar-refractivity contribution in [2.24, 2.45) is 0 Å². The molecule has 2 aromatic rings. The third kappa shape index (κ3) is 3.68. The summed E-state index contributed by atoms with van der Waals surface area (Å²) in [7, 11) is 3.29. The number of carbonyl (C=O) groups excluding carboxylic acids is 1. The summed E-state index contributed by atoms with van der Waals surface area (Å²) in [5.41, 5.74) is 3.30. The van der Waals surface area contributed by atoms with Crippen LogP contribution >= 0.6 is 0 Å². The van der Waals surface area contributed by atoms with Crippen LogP contribution in [0.2, 0.25) is 0 Å². The van der Waals surface area contributed by atoms with Gasteiger partial charge in [-0.3, -0.25) is 4.79 Å². The largest absolute Gasteiger partial charge is 0.493 e. The summed E-state index contributed by atoms with van der Waals surface area (Å²) in [6, 6.07) is 14.5. The number of hydrogen-bond acceptors (Lipinski definition) is 4. The number of carbonyl (C=O) groups is 1. The van der Waals surface area contributed by atoms with E-state index >= 15 is 0 Å². The number of amides is 1. The van der Waals surface area contributed by atoms with Gasteiger partial charge in [-0.1, -0.05) is 18.2 Å². The third-order valence-electron chi connectivity index (χ3n) is 4.37. The fourth-order valence-electron chi connectivity index (χ4n) is 2.92. The topological polar surface area (TPSA) is 59.6 Å². The van der Waals surface area contributed by atoms with Crippen LogP contribution in [0.1, 0.15) is 23.5 Å². The highest BCUT2D eigenvalue weighted by Crippen LogP contribution is 2.41. The van der Waals surface area contributed by atoms with Crippen LogP contribution in [0.4, 0.5) is 5.69 Å². The second kappa shape index (κ2) is 7.36. The molecule has 0 saturated heterocycles. The summed E-state index contributed by atoms with van der Waals surface area (Å²) in [5.74, 6) is 2.03. The van der Waals surface area contributed by atoms with E-state index in [1.807, 2.05) is 30.3 Å². The van der Waals surface area contributed by atoms with Gasteiger partial charge in [0.15, 0.2) is 11.5 Å². The van der Waals surface area contributed by atoms with Crippen molar-refractivity contribution in [1.82, 2.24) is 5.32 Å². The lowest BCUT2D eigenvalue weighted by Gasteiger charge is -2.10. The maximum Gasteiger partial charge on any atom is 0.211 e. The van der Waals surface area contributed by atoms with Gasteiger partial charge >= 0.3 is 0 Å². The molecular weight excluding hydrogens is 304 g/mol. The van der Waals surface area contributed by atoms with Crippen molar-refractivity contribution in [2.45, 2.75) is 24.9 Å². The molecule has 3 rings (SSSR count). The Bertz CT molecular complexity index is 700. The van der Waals surface area contributed by atoms with E-state index in [0.717, 1.165) is 30.2 Å². The van der Waals surface area contributed by atoms with Crippen LogP contribution in [0.25, 0.3) is 0 Å². The Morgan fingerprint density at radius 3 is 2.50 bits per heavy atom. The normalized spacial score (nSPS) is 18.8. The molecule has 5 nitrogen and oxygen atoms in total. The van der Waals surface area contributed by atoms with E-state index in [-0.39, 0.29) is 0 Å². The molecule has 126 valence electrons. The minimum absolute atomic E-state index is 0.489. The van der Waals surface area contributed by atoms with Crippen molar-refractivity contribution in [3.05, 3.63) is 53.6 Å². The first-order valence-corrected chi connectivity index (χ1v) is 7.99. The van der Waals surface area contributed by atoms with E-state index in [2.05, 4.69) is 22.8 Å². The fraction of sp³-hybridized carbons (Fsp3) is 0.316. The maximum atomic E-state index is 10.4. The molecule has 2 N–H and O–H groups in total. The zero-order valence-corrected chi connectivity index (χ0v) is 13.9. The Morgan fingerprint density at radius 1 is 1.08 bits per heavy atom. The first-order valence-electron chi connectivity index (χ1n) is 7.99. The average Bonchev–Trinajstić information content (AvgIpc) is 3.40. The predicted molar refractivity (Wildman–Crippen MR) is 93.7 cm³/mol. The zero-order valence-electron chi connectivity index (χ0n) is 13.9. The Labute approximate surface area is 142 Å². The average molecular weight is 326 g/mol. The monoisotopic (exact) mass is 326 g/mol. The Kier molecular flexibility index (Phi) is 5.01. The van der Waals surface area contributed by atoms with Gasteiger partial charge < -0.3 is 20.1 Å². The molecular formula is C19H22N2O3. The highest BCUT2D eigenvalue weighted by molar-refractivity contribution is 5.71. The Balaban J connectivity index is 1.54. The Hall–Kier alpha value is -2.53. The van der Waals surface area contributed by atoms with Crippen LogP contribution in [-0.2, 0) is 11.3 Å². The highest BCUT2D eigenvalue weighted by Gasteiger charge is 2.37. The molecule has 1 aliphatic rings. The lowest BCUT2D eigenvalue weighted by molar-refractivity contribution is -0.105. The summed E-state index contributed by atoms with van der Waals surface area (Å²) in [6.45, 7) is 0.798. The van der Waals surface area contributed by atoms with Crippen LogP contribution in [0.15, 0.2) is 42.5 Å². The second-order valence-corrected chi connectivity index (χ2v) is 5.90. The lowest BCUT2D eigenvalue weighted by atomic mass is 10.1. The van der Waals surface area contributed by atoms with E-state index in [0.29, 0.717) is 18.4 Å². The predicted octanol–water partition coefficient (Wildman–Crippen LogP) is 2.92. The van der Waals surface area contributed by atoms with E-state index in [1.54, 1.807) is 14.2 Å². The van der Waals surface area contributed by atoms with Gasteiger partial charge in [0, 0.05) is 24.2 Å². The molecule has 5 heteroatoms. The number of methoxy groups -OCH3 is 2. The van der Waals surface area contributed by atoms with E-state index in [9.17, 15) is 4.79 Å². The quantitative estimate of drug-likeness (QED) is 0.732. The molecule has 0 radical (unpaired) electrons. The van der Waals surface area contributed by atoms with Crippen molar-refractivity contribution >= 4 is 12.1 Å². The first-order chi connectivity index (χ1) is 11.7. The van der Waals surface area contributed by atoms with E-state index < -0.39 is 0 Å². The SMILES string of the molecule is COc1ccc(CNC2CC2c2ccc(NC=O)cc2)cc1OC. The summed E-state index contributed by atoms with van der Waals surface area (Å²) < 4.78 is 10.6. The molecule has 0 heterocycles. The van der Waals surface area contributed by atoms with Crippen LogP contribution in [0, 0.1) is 0 Å². The van der Waals surface area contributed by atoms with Gasteiger partial charge in [-0.25, -0.2) is 0 Å². The van der Waals surface area contributed by atoms with Crippen molar-refractivity contribution in [3.8, 4) is 11.5 Å². The van der Waals surface area contributed by atoms with Crippen LogP contribution in [0.3, 0.4) is 0 Å². The minimum atomic E-state index is 0.489. The minimum Gasteiger partial charge on any atom is -0.493 e. The molecule has 2 unspecified atom stereocenters. The second-order valence-electron chi connectivity index (χ2n) is 5.90. The molecule has 24 heavy (non-hydrogen) atoms. The van der Waals surface area contributed by atoms with Crippen molar-refractivity contribution in [3.63, 3.8) is 0 Å². The molecule has 1 aliphatic carbocycles. The lowest BCUT2D eigenvalue weighted by Crippen LogP contribution is -2.17. The number of rotatable bonds is 8. The first kappa shape index (κ1) is 16.3. The molecule has 2 aromatic carbocycles. The van der Waals surface area contributed by atoms with Gasteiger partial charge in [-0.2, -0.15) is 0 Å². The molecule has 0 aliphatic heterocycles. The van der Waals surface area contributed by atoms with Crippen LogP contribution < -0.4 is 20.1 Å². The summed E-state index contributed by atoms with van der Waals surface area (Å²) in [5, 5.41) is 6.24. The van der Waals surface area contributed by atoms with E-state index in [4.69, 9.17) is 9.47 Å². The zero-order chi connectivity index (χ0) is 16.9. The number of nitrogens with one attached hydrogen (secondary N) is 2. The van der Waals surface area contributed by atoms with Gasteiger partial charge in [0.2, 0.25) is 6.41 Å². The van der Waals surface area contributed by atoms with Crippen molar-refractivity contribution < 1.29 is 14.3 Å². The molecule has 1 amide bonds. The van der Waals surface area contributed by atoms with Gasteiger partial charge in [-0.05, 0) is 41.8 Å². The number of anilines is 1. The molecule has 0 aromatic heterocycles. The smallest absolute Gasteiger partial charge is 0.211 e. The molecule has 1 fully saturated rings. The van der Waals surface area contributed by atoms with Crippen LogP contribution in [-0.4, -0.2) is 26.7 Å². The molecule has 1 saturated carbocycles. The third-order valence-corrected chi connectivity index (χ3v) is 4.37. The van der Waals surface area contributed by atoms with Crippen molar-refractivity contribution in [1.29, 1.82) is 0 Å². The van der Waals surface area contributed by atoms with Crippen molar-refractivity contribution in [2.75, 3.05) is 19.5 Å². The van der Waals surface area contributed by atoms with Gasteiger partial charge in [0.05, 0.1) is 14.2 Å². The van der Waals surface area contributed by atoms with Gasteiger partial charge in [0.25, 0.3) is 0 Å². The van der Waals surface area contributed by atoms with Crippen LogP contribution in [0.5, 0.6) is 11.5 Å². The van der Waals surface area contributed by atoms with Gasteiger partial charge in [0.1, 0.15) is 0 Å². The number of ether oxygens (including phenoxy) is 2. The summed E-state index contributed by atoms with van der Waals surface area (Å²) in [4.78, 5) is 10.4. The van der Waals surface area contributed by atoms with Gasteiger partial charge in [-0.15, -0.1) is 0 Å². The molecule has 2 atom stereocenters. The summed E-state index contributed by atoms with van der Waals surface area (Å²) in [6.07, 6.45) is 1.83. The Morgan fingerprint density at radius 2 is 1.83 bits per heavy atom. The summed E-state index contributed by atoms with van der Waals surface area (Å²) >= 11 is 0. The highest BCUT2D eigenvalue weighted by atomic mass is 16.5. The molecule has 0 spiro atoms.